The first-order valence-corrected chi connectivity index (χ1v) is 8.55. The number of hydrogen-bond donors (Lipinski definition) is 1. The van der Waals surface area contributed by atoms with E-state index in [0.29, 0.717) is 24.6 Å². The van der Waals surface area contributed by atoms with Gasteiger partial charge in [-0.2, -0.15) is 0 Å². The Hall–Kier alpha value is -3.68. The molecular formula is C19H17N5O3. The van der Waals surface area contributed by atoms with Crippen LogP contribution in [0.4, 0.5) is 11.6 Å². The molecule has 8 heteroatoms. The van der Waals surface area contributed by atoms with E-state index >= 15 is 0 Å². The Bertz CT molecular complexity index is 1110. The number of ether oxygens (including phenoxy) is 1. The molecule has 0 radical (unpaired) electrons. The Morgan fingerprint density at radius 3 is 2.81 bits per heavy atom. The summed E-state index contributed by atoms with van der Waals surface area (Å²) in [5, 5.41) is 20.7. The molecule has 136 valence electrons. The highest BCUT2D eigenvalue weighted by atomic mass is 16.6. The Labute approximate surface area is 154 Å². The van der Waals surface area contributed by atoms with E-state index in [9.17, 15) is 10.1 Å². The van der Waals surface area contributed by atoms with Crippen molar-refractivity contribution >= 4 is 28.1 Å². The molecule has 8 nitrogen and oxygen atoms in total. The van der Waals surface area contributed by atoms with Crippen LogP contribution < -0.4 is 10.1 Å². The number of aromatic nitrogens is 3. The summed E-state index contributed by atoms with van der Waals surface area (Å²) >= 11 is 0. The van der Waals surface area contributed by atoms with Crippen LogP contribution in [0.1, 0.15) is 6.42 Å². The summed E-state index contributed by atoms with van der Waals surface area (Å²) in [5.74, 6) is 1.23. The van der Waals surface area contributed by atoms with Gasteiger partial charge in [0.05, 0.1) is 6.61 Å². The topological polar surface area (TPSA) is 94.6 Å². The maximum absolute atomic E-state index is 11.0. The van der Waals surface area contributed by atoms with E-state index in [1.807, 2.05) is 30.3 Å². The predicted molar refractivity (Wildman–Crippen MR) is 102 cm³/mol. The minimum atomic E-state index is -0.506. The van der Waals surface area contributed by atoms with Crippen molar-refractivity contribution in [2.24, 2.45) is 0 Å². The molecule has 0 saturated heterocycles. The van der Waals surface area contributed by atoms with E-state index < -0.39 is 4.92 Å². The van der Waals surface area contributed by atoms with Gasteiger partial charge in [-0.1, -0.05) is 39.9 Å². The van der Waals surface area contributed by atoms with Gasteiger partial charge < -0.3 is 20.2 Å². The quantitative estimate of drug-likeness (QED) is 0.306. The lowest BCUT2D eigenvalue weighted by atomic mass is 10.1. The van der Waals surface area contributed by atoms with Gasteiger partial charge in [-0.25, -0.2) is 4.98 Å². The van der Waals surface area contributed by atoms with E-state index in [4.69, 9.17) is 4.74 Å². The number of nitrogens with one attached hydrogen (secondary N) is 1. The average molecular weight is 363 g/mol. The molecule has 2 heterocycles. The van der Waals surface area contributed by atoms with Gasteiger partial charge in [-0.3, -0.25) is 0 Å². The Morgan fingerprint density at radius 1 is 1.11 bits per heavy atom. The van der Waals surface area contributed by atoms with E-state index in [1.54, 1.807) is 12.1 Å². The normalized spacial score (nSPS) is 11.0. The minimum absolute atomic E-state index is 0.159. The third-order valence-electron chi connectivity index (χ3n) is 4.15. The molecular weight excluding hydrogens is 346 g/mol. The first-order chi connectivity index (χ1) is 13.2. The molecule has 1 N–H and O–H groups in total. The second-order valence-corrected chi connectivity index (χ2v) is 6.00. The van der Waals surface area contributed by atoms with Gasteiger partial charge in [0.15, 0.2) is 5.82 Å². The molecule has 0 bridgehead atoms. The highest BCUT2D eigenvalue weighted by Gasteiger charge is 2.15. The first-order valence-electron chi connectivity index (χ1n) is 8.55. The molecule has 0 aliphatic rings. The average Bonchev–Trinajstić information content (AvgIpc) is 3.11. The summed E-state index contributed by atoms with van der Waals surface area (Å²) in [4.78, 5) is 14.4. The number of hydrogen-bond acceptors (Lipinski definition) is 6. The van der Waals surface area contributed by atoms with Crippen LogP contribution in [0.25, 0.3) is 16.4 Å². The largest absolute Gasteiger partial charge is 0.494 e. The molecule has 0 atom stereocenters. The van der Waals surface area contributed by atoms with Crippen molar-refractivity contribution in [3.05, 3.63) is 70.9 Å². The highest BCUT2D eigenvalue weighted by molar-refractivity contribution is 5.83. The summed E-state index contributed by atoms with van der Waals surface area (Å²) in [6.45, 7) is 1.19. The van der Waals surface area contributed by atoms with Gasteiger partial charge in [0, 0.05) is 12.6 Å². The van der Waals surface area contributed by atoms with Crippen molar-refractivity contribution in [3.63, 3.8) is 0 Å². The maximum Gasteiger partial charge on any atom is 0.368 e. The molecule has 0 fully saturated rings. The Balaban J connectivity index is 1.31. The van der Waals surface area contributed by atoms with Crippen LogP contribution >= 0.6 is 0 Å². The second kappa shape index (κ2) is 7.28. The molecule has 2 aromatic carbocycles. The molecule has 0 aliphatic heterocycles. The zero-order chi connectivity index (χ0) is 18.6. The van der Waals surface area contributed by atoms with Crippen molar-refractivity contribution in [1.82, 2.24) is 14.6 Å². The minimum Gasteiger partial charge on any atom is -0.494 e. The number of benzene rings is 2. The lowest BCUT2D eigenvalue weighted by Gasteiger charge is -2.08. The number of nitro groups is 1. The zero-order valence-corrected chi connectivity index (χ0v) is 14.4. The molecule has 0 unspecified atom stereocenters. The van der Waals surface area contributed by atoms with Gasteiger partial charge in [0.1, 0.15) is 11.9 Å². The van der Waals surface area contributed by atoms with E-state index in [-0.39, 0.29) is 5.82 Å². The monoisotopic (exact) mass is 363 g/mol. The third-order valence-corrected chi connectivity index (χ3v) is 4.15. The molecule has 0 aliphatic carbocycles. The van der Waals surface area contributed by atoms with Gasteiger partial charge in [0.2, 0.25) is 5.65 Å². The van der Waals surface area contributed by atoms with Crippen LogP contribution in [0.5, 0.6) is 5.75 Å². The highest BCUT2D eigenvalue weighted by Crippen LogP contribution is 2.20. The van der Waals surface area contributed by atoms with Crippen LogP contribution in [0, 0.1) is 10.1 Å². The fraction of sp³-hybridized carbons (Fsp3) is 0.158. The van der Waals surface area contributed by atoms with Gasteiger partial charge in [-0.15, -0.1) is 0 Å². The van der Waals surface area contributed by atoms with Crippen LogP contribution in [0.2, 0.25) is 0 Å². The number of fused-ring (bicyclic) bond motifs is 2. The lowest BCUT2D eigenvalue weighted by Crippen LogP contribution is -2.10. The van der Waals surface area contributed by atoms with Crippen molar-refractivity contribution in [2.75, 3.05) is 18.5 Å². The number of anilines is 1. The van der Waals surface area contributed by atoms with Crippen LogP contribution in [0.3, 0.4) is 0 Å². The van der Waals surface area contributed by atoms with Crippen LogP contribution in [0.15, 0.2) is 60.8 Å². The van der Waals surface area contributed by atoms with Crippen LogP contribution in [-0.4, -0.2) is 32.7 Å². The molecule has 27 heavy (non-hydrogen) atoms. The third kappa shape index (κ3) is 3.64. The summed E-state index contributed by atoms with van der Waals surface area (Å²) in [7, 11) is 0. The Kier molecular flexibility index (Phi) is 4.52. The fourth-order valence-corrected chi connectivity index (χ4v) is 2.82. The van der Waals surface area contributed by atoms with E-state index in [1.165, 1.54) is 16.1 Å². The van der Waals surface area contributed by atoms with Gasteiger partial charge in [-0.05, 0) is 40.3 Å². The maximum atomic E-state index is 11.0. The summed E-state index contributed by atoms with van der Waals surface area (Å²) < 4.78 is 7.01. The molecule has 4 rings (SSSR count). The van der Waals surface area contributed by atoms with E-state index in [2.05, 4.69) is 27.5 Å². The van der Waals surface area contributed by atoms with Crippen LogP contribution in [-0.2, 0) is 0 Å². The first kappa shape index (κ1) is 16.8. The van der Waals surface area contributed by atoms with Crippen molar-refractivity contribution in [2.45, 2.75) is 6.42 Å². The summed E-state index contributed by atoms with van der Waals surface area (Å²) in [6.07, 6.45) is 1.96. The molecule has 0 amide bonds. The lowest BCUT2D eigenvalue weighted by molar-refractivity contribution is -0.391. The van der Waals surface area contributed by atoms with Gasteiger partial charge in [0.25, 0.3) is 0 Å². The summed E-state index contributed by atoms with van der Waals surface area (Å²) in [6, 6.07) is 17.6. The molecule has 0 spiro atoms. The van der Waals surface area contributed by atoms with E-state index in [0.717, 1.165) is 17.6 Å². The second-order valence-electron chi connectivity index (χ2n) is 6.00. The van der Waals surface area contributed by atoms with Crippen molar-refractivity contribution in [3.8, 4) is 5.75 Å². The van der Waals surface area contributed by atoms with Gasteiger partial charge >= 0.3 is 5.82 Å². The Morgan fingerprint density at radius 2 is 1.96 bits per heavy atom. The fourth-order valence-electron chi connectivity index (χ4n) is 2.82. The summed E-state index contributed by atoms with van der Waals surface area (Å²) in [5.41, 5.74) is 0.437. The number of nitrogens with zero attached hydrogens (tertiary/aromatic N) is 4. The SMILES string of the molecule is O=[N+]([O-])c1cnc2ccc(NCCCOc3ccc4ccccc4c3)nn12. The molecule has 0 saturated carbocycles. The zero-order valence-electron chi connectivity index (χ0n) is 14.4. The standard InChI is InChI=1S/C19H17N5O3/c25-24(26)19-13-21-18-9-8-17(22-23(18)19)20-10-3-11-27-16-7-6-14-4-1-2-5-15(14)12-16/h1-2,4-9,12-13H,3,10-11H2,(H,20,22). The molecule has 4 aromatic rings. The van der Waals surface area contributed by atoms with Crippen molar-refractivity contribution in [1.29, 1.82) is 0 Å². The number of imidazole rings is 1. The predicted octanol–water partition coefficient (Wildman–Crippen LogP) is 3.67. The van der Waals surface area contributed by atoms with Crippen molar-refractivity contribution < 1.29 is 9.66 Å². The molecule has 2 aromatic heterocycles. The number of rotatable bonds is 7. The smallest absolute Gasteiger partial charge is 0.368 e.